The number of sulfonamides is 1. The Balaban J connectivity index is 2.10. The van der Waals surface area contributed by atoms with E-state index in [-0.39, 0.29) is 23.4 Å². The number of fused-ring (bicyclic) bond motifs is 1. The molecule has 25 heavy (non-hydrogen) atoms. The first-order valence-electron chi connectivity index (χ1n) is 7.47. The normalized spacial score (nSPS) is 16.8. The Morgan fingerprint density at radius 3 is 2.64 bits per heavy atom. The standard InChI is InChI=1S/C17H14FN3O3S/c18-15-9-12(6-5-11(15)10-19)25(23,24)21-8-7-14(17(20)22)13-3-1-2-4-16(13)21/h1-6,9,14H,7-8H2,(H2,20,22). The molecule has 6 nitrogen and oxygen atoms in total. The second kappa shape index (κ2) is 6.18. The number of anilines is 1. The SMILES string of the molecule is N#Cc1ccc(S(=O)(=O)N2CCC(C(N)=O)c3ccccc32)cc1F. The Labute approximate surface area is 144 Å². The summed E-state index contributed by atoms with van der Waals surface area (Å²) in [6.07, 6.45) is 0.240. The van der Waals surface area contributed by atoms with Crippen LogP contribution in [-0.4, -0.2) is 20.9 Å². The number of nitriles is 1. The highest BCUT2D eigenvalue weighted by molar-refractivity contribution is 7.92. The summed E-state index contributed by atoms with van der Waals surface area (Å²) in [5, 5.41) is 8.78. The number of carbonyl (C=O) groups excluding carboxylic acids is 1. The van der Waals surface area contributed by atoms with Crippen LogP contribution in [0.1, 0.15) is 23.5 Å². The largest absolute Gasteiger partial charge is 0.369 e. The molecule has 0 saturated heterocycles. The maximum Gasteiger partial charge on any atom is 0.264 e. The van der Waals surface area contributed by atoms with Crippen LogP contribution in [0, 0.1) is 17.1 Å². The van der Waals surface area contributed by atoms with Gasteiger partial charge in [-0.2, -0.15) is 5.26 Å². The van der Waals surface area contributed by atoms with Crippen molar-refractivity contribution in [3.05, 3.63) is 59.4 Å². The van der Waals surface area contributed by atoms with Gasteiger partial charge in [-0.3, -0.25) is 9.10 Å². The first-order chi connectivity index (χ1) is 11.9. The van der Waals surface area contributed by atoms with Crippen LogP contribution in [0.15, 0.2) is 47.4 Å². The van der Waals surface area contributed by atoms with Crippen molar-refractivity contribution in [2.24, 2.45) is 5.73 Å². The summed E-state index contributed by atoms with van der Waals surface area (Å²) < 4.78 is 40.9. The summed E-state index contributed by atoms with van der Waals surface area (Å²) in [5.74, 6) is -1.99. The molecule has 0 aromatic heterocycles. The van der Waals surface area contributed by atoms with E-state index in [9.17, 15) is 17.6 Å². The molecular formula is C17H14FN3O3S. The highest BCUT2D eigenvalue weighted by Crippen LogP contribution is 2.38. The van der Waals surface area contributed by atoms with Crippen LogP contribution in [0.4, 0.5) is 10.1 Å². The third-order valence-electron chi connectivity index (χ3n) is 4.19. The van der Waals surface area contributed by atoms with E-state index in [2.05, 4.69) is 0 Å². The average Bonchev–Trinajstić information content (AvgIpc) is 2.60. The molecule has 8 heteroatoms. The van der Waals surface area contributed by atoms with E-state index in [1.165, 1.54) is 6.07 Å². The lowest BCUT2D eigenvalue weighted by Crippen LogP contribution is -2.39. The molecule has 2 aromatic rings. The van der Waals surface area contributed by atoms with Gasteiger partial charge in [0.25, 0.3) is 10.0 Å². The zero-order chi connectivity index (χ0) is 18.2. The fourth-order valence-corrected chi connectivity index (χ4v) is 4.47. The minimum Gasteiger partial charge on any atom is -0.369 e. The first-order valence-corrected chi connectivity index (χ1v) is 8.91. The number of primary amides is 1. The number of nitrogens with two attached hydrogens (primary N) is 1. The molecule has 0 radical (unpaired) electrons. The van der Waals surface area contributed by atoms with Gasteiger partial charge in [-0.05, 0) is 36.2 Å². The number of amides is 1. The maximum absolute atomic E-state index is 13.8. The minimum absolute atomic E-state index is 0.0502. The Morgan fingerprint density at radius 2 is 2.00 bits per heavy atom. The molecule has 2 N–H and O–H groups in total. The Bertz CT molecular complexity index is 998. The summed E-state index contributed by atoms with van der Waals surface area (Å²) in [5.41, 5.74) is 6.06. The number of hydrogen-bond acceptors (Lipinski definition) is 4. The quantitative estimate of drug-likeness (QED) is 0.903. The van der Waals surface area contributed by atoms with Crippen molar-refractivity contribution in [2.45, 2.75) is 17.2 Å². The number of para-hydroxylation sites is 1. The van der Waals surface area contributed by atoms with Crippen LogP contribution in [0.5, 0.6) is 0 Å². The molecule has 128 valence electrons. The van der Waals surface area contributed by atoms with Crippen LogP contribution >= 0.6 is 0 Å². The average molecular weight is 359 g/mol. The molecule has 1 aliphatic rings. The van der Waals surface area contributed by atoms with Crippen LogP contribution in [0.2, 0.25) is 0 Å². The molecule has 1 unspecified atom stereocenters. The second-order valence-electron chi connectivity index (χ2n) is 5.63. The second-order valence-corrected chi connectivity index (χ2v) is 7.50. The van der Waals surface area contributed by atoms with Gasteiger partial charge in [-0.25, -0.2) is 12.8 Å². The van der Waals surface area contributed by atoms with Crippen molar-refractivity contribution >= 4 is 21.6 Å². The van der Waals surface area contributed by atoms with Gasteiger partial charge >= 0.3 is 0 Å². The lowest BCUT2D eigenvalue weighted by molar-refractivity contribution is -0.119. The molecule has 3 rings (SSSR count). The zero-order valence-corrected chi connectivity index (χ0v) is 13.8. The maximum atomic E-state index is 13.8. The molecule has 1 heterocycles. The lowest BCUT2D eigenvalue weighted by Gasteiger charge is -2.33. The smallest absolute Gasteiger partial charge is 0.264 e. The zero-order valence-electron chi connectivity index (χ0n) is 13.0. The van der Waals surface area contributed by atoms with Gasteiger partial charge in [0.15, 0.2) is 0 Å². The van der Waals surface area contributed by atoms with Gasteiger partial charge in [0.05, 0.1) is 22.1 Å². The number of carbonyl (C=O) groups is 1. The predicted molar refractivity (Wildman–Crippen MR) is 88.6 cm³/mol. The van der Waals surface area contributed by atoms with E-state index in [4.69, 9.17) is 11.0 Å². The van der Waals surface area contributed by atoms with Crippen molar-refractivity contribution in [1.29, 1.82) is 5.26 Å². The van der Waals surface area contributed by atoms with Crippen LogP contribution in [0.3, 0.4) is 0 Å². The Morgan fingerprint density at radius 1 is 1.28 bits per heavy atom. The predicted octanol–water partition coefficient (Wildman–Crippen LogP) is 1.87. The van der Waals surface area contributed by atoms with E-state index in [1.54, 1.807) is 30.3 Å². The Hall–Kier alpha value is -2.92. The molecule has 1 aliphatic heterocycles. The summed E-state index contributed by atoms with van der Waals surface area (Å²) in [7, 11) is -4.04. The van der Waals surface area contributed by atoms with Gasteiger partial charge in [0, 0.05) is 6.54 Å². The summed E-state index contributed by atoms with van der Waals surface area (Å²) >= 11 is 0. The molecule has 0 aliphatic carbocycles. The van der Waals surface area contributed by atoms with Gasteiger partial charge < -0.3 is 5.73 Å². The number of halogens is 1. The van der Waals surface area contributed by atoms with Crippen molar-refractivity contribution in [2.75, 3.05) is 10.8 Å². The topological polar surface area (TPSA) is 104 Å². The van der Waals surface area contributed by atoms with Crippen molar-refractivity contribution < 1.29 is 17.6 Å². The van der Waals surface area contributed by atoms with E-state index < -0.39 is 27.7 Å². The van der Waals surface area contributed by atoms with Crippen LogP contribution in [-0.2, 0) is 14.8 Å². The Kier molecular flexibility index (Phi) is 4.18. The monoisotopic (exact) mass is 359 g/mol. The van der Waals surface area contributed by atoms with Gasteiger partial charge in [-0.15, -0.1) is 0 Å². The number of rotatable bonds is 3. The molecule has 1 amide bonds. The van der Waals surface area contributed by atoms with Gasteiger partial charge in [0.1, 0.15) is 11.9 Å². The molecule has 0 spiro atoms. The summed E-state index contributed by atoms with van der Waals surface area (Å²) in [6, 6.07) is 11.4. The number of nitrogens with zero attached hydrogens (tertiary/aromatic N) is 2. The van der Waals surface area contributed by atoms with E-state index in [0.29, 0.717) is 11.3 Å². The van der Waals surface area contributed by atoms with Crippen LogP contribution in [0.25, 0.3) is 0 Å². The van der Waals surface area contributed by atoms with E-state index >= 15 is 0 Å². The summed E-state index contributed by atoms with van der Waals surface area (Å²) in [6.45, 7) is 0.0502. The molecular weight excluding hydrogens is 345 g/mol. The molecule has 0 fully saturated rings. The molecule has 1 atom stereocenters. The van der Waals surface area contributed by atoms with Crippen molar-refractivity contribution in [1.82, 2.24) is 0 Å². The number of benzene rings is 2. The third-order valence-corrected chi connectivity index (χ3v) is 6.00. The molecule has 0 bridgehead atoms. The number of hydrogen-bond donors (Lipinski definition) is 1. The highest BCUT2D eigenvalue weighted by Gasteiger charge is 2.35. The lowest BCUT2D eigenvalue weighted by atomic mass is 9.90. The minimum atomic E-state index is -4.04. The fraction of sp³-hybridized carbons (Fsp3) is 0.176. The van der Waals surface area contributed by atoms with Gasteiger partial charge in [0.2, 0.25) is 5.91 Å². The fourth-order valence-electron chi connectivity index (χ4n) is 2.95. The summed E-state index contributed by atoms with van der Waals surface area (Å²) in [4.78, 5) is 11.4. The van der Waals surface area contributed by atoms with Crippen LogP contribution < -0.4 is 10.0 Å². The molecule has 0 saturated carbocycles. The van der Waals surface area contributed by atoms with E-state index in [1.807, 2.05) is 0 Å². The highest BCUT2D eigenvalue weighted by atomic mass is 32.2. The first kappa shape index (κ1) is 16.9. The third kappa shape index (κ3) is 2.83. The molecule has 2 aromatic carbocycles. The van der Waals surface area contributed by atoms with Crippen molar-refractivity contribution in [3.63, 3.8) is 0 Å². The van der Waals surface area contributed by atoms with E-state index in [0.717, 1.165) is 16.4 Å². The van der Waals surface area contributed by atoms with Crippen molar-refractivity contribution in [3.8, 4) is 6.07 Å². The van der Waals surface area contributed by atoms with Gasteiger partial charge in [-0.1, -0.05) is 18.2 Å².